The van der Waals surface area contributed by atoms with Crippen LogP contribution in [0.25, 0.3) is 0 Å². The first-order chi connectivity index (χ1) is 5.88. The van der Waals surface area contributed by atoms with Crippen LogP contribution in [0.15, 0.2) is 4.36 Å². The number of hydrogen-bond donors (Lipinski definition) is 0. The number of nitrogens with zero attached hydrogens (tertiary/aromatic N) is 1. The van der Waals surface area contributed by atoms with Crippen molar-refractivity contribution in [2.45, 2.75) is 46.3 Å². The molecule has 1 atom stereocenters. The van der Waals surface area contributed by atoms with E-state index in [2.05, 4.69) is 4.36 Å². The van der Waals surface area contributed by atoms with Crippen LogP contribution in [0.1, 0.15) is 41.5 Å². The van der Waals surface area contributed by atoms with Crippen LogP contribution in [-0.4, -0.2) is 14.9 Å². The van der Waals surface area contributed by atoms with E-state index in [1.807, 2.05) is 0 Å². The number of amides is 1. The molecule has 3 nitrogen and oxygen atoms in total. The Labute approximate surface area is 85.6 Å². The van der Waals surface area contributed by atoms with Crippen LogP contribution < -0.4 is 0 Å². The zero-order valence-corrected chi connectivity index (χ0v) is 10.4. The summed E-state index contributed by atoms with van der Waals surface area (Å²) in [6.07, 6.45) is 0. The molecule has 0 aromatic rings. The van der Waals surface area contributed by atoms with Gasteiger partial charge in [-0.25, -0.2) is 4.21 Å². The van der Waals surface area contributed by atoms with Crippen LogP contribution >= 0.6 is 0 Å². The van der Waals surface area contributed by atoms with Crippen LogP contribution in [-0.2, 0) is 14.9 Å². The van der Waals surface area contributed by atoms with Crippen LogP contribution in [0.4, 0.5) is 3.89 Å². The fourth-order valence-corrected chi connectivity index (χ4v) is 1.14. The zero-order chi connectivity index (χ0) is 11.8. The SMILES string of the molecule is CC(C)(C)C(=O)N=[S@@](=O)(F)C(C)(C)C. The van der Waals surface area contributed by atoms with Crippen LogP contribution in [0.3, 0.4) is 0 Å². The van der Waals surface area contributed by atoms with Crippen molar-refractivity contribution in [2.24, 2.45) is 9.78 Å². The van der Waals surface area contributed by atoms with Gasteiger partial charge in [0.25, 0.3) is 5.91 Å². The standard InChI is InChI=1S/C9H18FNO2S/c1-8(2,3)7(12)11-14(10,13)9(4,5)6/h1-6H3/t14-/m0/s1. The summed E-state index contributed by atoms with van der Waals surface area (Å²) >= 11 is 0. The van der Waals surface area contributed by atoms with Crippen molar-refractivity contribution in [1.82, 2.24) is 0 Å². The molecule has 0 radical (unpaired) electrons. The first kappa shape index (κ1) is 13.5. The molecule has 0 spiro atoms. The Morgan fingerprint density at radius 3 is 1.71 bits per heavy atom. The molecule has 0 heterocycles. The van der Waals surface area contributed by atoms with Gasteiger partial charge in [-0.2, -0.15) is 0 Å². The Morgan fingerprint density at radius 1 is 1.14 bits per heavy atom. The Kier molecular flexibility index (Phi) is 3.49. The van der Waals surface area contributed by atoms with E-state index in [0.29, 0.717) is 0 Å². The fourth-order valence-electron chi connectivity index (χ4n) is 0.381. The van der Waals surface area contributed by atoms with E-state index in [4.69, 9.17) is 0 Å². The highest BCUT2D eigenvalue weighted by Gasteiger charge is 2.31. The van der Waals surface area contributed by atoms with Crippen LogP contribution in [0.2, 0.25) is 0 Å². The second-order valence-electron chi connectivity index (χ2n) is 5.22. The number of carbonyl (C=O) groups is 1. The summed E-state index contributed by atoms with van der Waals surface area (Å²) in [7, 11) is -3.95. The van der Waals surface area contributed by atoms with Gasteiger partial charge in [0.15, 0.2) is 0 Å². The van der Waals surface area contributed by atoms with Crippen molar-refractivity contribution >= 4 is 16.0 Å². The number of halogens is 1. The molecule has 0 N–H and O–H groups in total. The Bertz CT molecular complexity index is 341. The first-order valence-electron chi connectivity index (χ1n) is 4.39. The first-order valence-corrected chi connectivity index (χ1v) is 5.80. The lowest BCUT2D eigenvalue weighted by Gasteiger charge is -2.18. The molecule has 0 saturated heterocycles. The van der Waals surface area contributed by atoms with Gasteiger partial charge in [0.05, 0.1) is 4.75 Å². The quantitative estimate of drug-likeness (QED) is 0.593. The molecule has 84 valence electrons. The van der Waals surface area contributed by atoms with E-state index < -0.39 is 26.2 Å². The van der Waals surface area contributed by atoms with Crippen molar-refractivity contribution in [2.75, 3.05) is 0 Å². The molecule has 1 amide bonds. The summed E-state index contributed by atoms with van der Waals surface area (Å²) in [5.41, 5.74) is -0.792. The van der Waals surface area contributed by atoms with E-state index in [1.165, 1.54) is 20.8 Å². The average Bonchev–Trinajstić information content (AvgIpc) is 1.80. The van der Waals surface area contributed by atoms with Gasteiger partial charge in [-0.1, -0.05) is 20.8 Å². The number of carbonyl (C=O) groups excluding carboxylic acids is 1. The summed E-state index contributed by atoms with van der Waals surface area (Å²) in [6.45, 7) is 9.18. The van der Waals surface area contributed by atoms with Crippen molar-refractivity contribution in [1.29, 1.82) is 0 Å². The molecule has 0 aliphatic carbocycles. The van der Waals surface area contributed by atoms with Gasteiger partial charge in [-0.3, -0.25) is 4.79 Å². The third-order valence-electron chi connectivity index (χ3n) is 1.60. The van der Waals surface area contributed by atoms with E-state index in [-0.39, 0.29) is 0 Å². The summed E-state index contributed by atoms with van der Waals surface area (Å²) in [5.74, 6) is -0.667. The highest BCUT2D eigenvalue weighted by atomic mass is 32.3. The molecule has 0 aromatic heterocycles. The molecule has 5 heteroatoms. The van der Waals surface area contributed by atoms with Crippen molar-refractivity contribution in [3.8, 4) is 0 Å². The predicted molar refractivity (Wildman–Crippen MR) is 55.9 cm³/mol. The molecule has 0 fully saturated rings. The minimum Gasteiger partial charge on any atom is -0.271 e. The average molecular weight is 223 g/mol. The maximum Gasteiger partial charge on any atom is 0.261 e. The van der Waals surface area contributed by atoms with E-state index in [0.717, 1.165) is 0 Å². The summed E-state index contributed by atoms with van der Waals surface area (Å²) < 4.78 is 27.0. The lowest BCUT2D eigenvalue weighted by Crippen LogP contribution is -2.27. The van der Waals surface area contributed by atoms with Crippen LogP contribution in [0, 0.1) is 5.41 Å². The summed E-state index contributed by atoms with van der Waals surface area (Å²) in [5, 5.41) is 0. The van der Waals surface area contributed by atoms with Gasteiger partial charge in [0, 0.05) is 5.41 Å². The molecule has 14 heavy (non-hydrogen) atoms. The summed E-state index contributed by atoms with van der Waals surface area (Å²) in [4.78, 5) is 11.3. The summed E-state index contributed by atoms with van der Waals surface area (Å²) in [6, 6.07) is 0. The third kappa shape index (κ3) is 3.36. The number of hydrogen-bond acceptors (Lipinski definition) is 2. The fraction of sp³-hybridized carbons (Fsp3) is 0.889. The lowest BCUT2D eigenvalue weighted by molar-refractivity contribution is -0.124. The van der Waals surface area contributed by atoms with Gasteiger partial charge in [0.1, 0.15) is 0 Å². The molecule has 0 aliphatic rings. The largest absolute Gasteiger partial charge is 0.271 e. The third-order valence-corrected chi connectivity index (χ3v) is 3.51. The lowest BCUT2D eigenvalue weighted by atomic mass is 9.96. The monoisotopic (exact) mass is 223 g/mol. The molecule has 0 rings (SSSR count). The molecule has 0 aliphatic heterocycles. The molecule has 0 bridgehead atoms. The molecular weight excluding hydrogens is 205 g/mol. The Morgan fingerprint density at radius 2 is 1.50 bits per heavy atom. The van der Waals surface area contributed by atoms with Gasteiger partial charge >= 0.3 is 0 Å². The van der Waals surface area contributed by atoms with Crippen molar-refractivity contribution in [3.63, 3.8) is 0 Å². The maximum atomic E-state index is 13.5. The van der Waals surface area contributed by atoms with Crippen LogP contribution in [0.5, 0.6) is 0 Å². The minimum atomic E-state index is -3.95. The van der Waals surface area contributed by atoms with Crippen molar-refractivity contribution < 1.29 is 12.9 Å². The second-order valence-corrected chi connectivity index (χ2v) is 7.54. The smallest absolute Gasteiger partial charge is 0.261 e. The Hall–Kier alpha value is -0.450. The number of rotatable bonds is 0. The topological polar surface area (TPSA) is 46.5 Å². The highest BCUT2D eigenvalue weighted by Crippen LogP contribution is 2.23. The van der Waals surface area contributed by atoms with E-state index in [1.54, 1.807) is 20.8 Å². The zero-order valence-electron chi connectivity index (χ0n) is 9.55. The van der Waals surface area contributed by atoms with Crippen molar-refractivity contribution in [3.05, 3.63) is 0 Å². The maximum absolute atomic E-state index is 13.5. The predicted octanol–water partition coefficient (Wildman–Crippen LogP) is 2.71. The van der Waals surface area contributed by atoms with Gasteiger partial charge in [-0.15, -0.1) is 8.25 Å². The van der Waals surface area contributed by atoms with Gasteiger partial charge in [0.2, 0.25) is 10.1 Å². The normalized spacial score (nSPS) is 17.4. The van der Waals surface area contributed by atoms with E-state index >= 15 is 0 Å². The van der Waals surface area contributed by atoms with E-state index in [9.17, 15) is 12.9 Å². The molecule has 0 aromatic carbocycles. The minimum absolute atomic E-state index is 0.667. The van der Waals surface area contributed by atoms with Gasteiger partial charge in [-0.05, 0) is 20.8 Å². The molecular formula is C9H18FNO2S. The Balaban J connectivity index is 5.25. The highest BCUT2D eigenvalue weighted by molar-refractivity contribution is 7.90. The van der Waals surface area contributed by atoms with Gasteiger partial charge < -0.3 is 0 Å². The molecule has 0 unspecified atom stereocenters. The molecule has 0 saturated carbocycles. The second kappa shape index (κ2) is 3.61.